The van der Waals surface area contributed by atoms with E-state index in [9.17, 15) is 13.5 Å². The smallest absolute Gasteiger partial charge is 0.211 e. The number of aliphatic hydroxyl groups excluding tert-OH is 1. The molecule has 0 amide bonds. The topological polar surface area (TPSA) is 70.1 Å². The summed E-state index contributed by atoms with van der Waals surface area (Å²) in [5.41, 5.74) is 1.12. The fourth-order valence-electron chi connectivity index (χ4n) is 4.09. The van der Waals surface area contributed by atoms with Crippen molar-refractivity contribution in [3.05, 3.63) is 29.8 Å². The maximum Gasteiger partial charge on any atom is 0.211 e. The molecular formula is C18H28N2O4S. The van der Waals surface area contributed by atoms with Gasteiger partial charge in [0.05, 0.1) is 19.5 Å². The zero-order chi connectivity index (χ0) is 18.0. The molecule has 1 N–H and O–H groups in total. The maximum absolute atomic E-state index is 11.6. The molecule has 2 heterocycles. The lowest BCUT2D eigenvalue weighted by atomic mass is 9.86. The lowest BCUT2D eigenvalue weighted by molar-refractivity contribution is 0.0179. The fraction of sp³-hybridized carbons (Fsp3) is 0.667. The summed E-state index contributed by atoms with van der Waals surface area (Å²) < 4.78 is 30.1. The van der Waals surface area contributed by atoms with E-state index in [1.165, 1.54) is 6.26 Å². The Balaban J connectivity index is 1.59. The number of piperidine rings is 2. The van der Waals surface area contributed by atoms with Gasteiger partial charge in [0.15, 0.2) is 0 Å². The molecule has 7 heteroatoms. The van der Waals surface area contributed by atoms with Crippen LogP contribution in [-0.4, -0.2) is 74.4 Å². The van der Waals surface area contributed by atoms with Crippen molar-refractivity contribution in [3.63, 3.8) is 0 Å². The number of sulfonamides is 1. The van der Waals surface area contributed by atoms with E-state index >= 15 is 0 Å². The van der Waals surface area contributed by atoms with E-state index in [0.29, 0.717) is 25.7 Å². The van der Waals surface area contributed by atoms with Crippen LogP contribution in [-0.2, 0) is 10.0 Å². The third-order valence-electron chi connectivity index (χ3n) is 5.54. The molecule has 6 nitrogen and oxygen atoms in total. The molecule has 0 saturated carbocycles. The first kappa shape index (κ1) is 18.6. The first-order valence-electron chi connectivity index (χ1n) is 8.89. The maximum atomic E-state index is 11.6. The number of benzene rings is 1. The summed E-state index contributed by atoms with van der Waals surface area (Å²) in [6.45, 7) is 2.73. The average molecular weight is 368 g/mol. The van der Waals surface area contributed by atoms with E-state index in [0.717, 1.165) is 37.1 Å². The molecule has 2 saturated heterocycles. The van der Waals surface area contributed by atoms with Crippen molar-refractivity contribution >= 4 is 10.0 Å². The highest BCUT2D eigenvalue weighted by Crippen LogP contribution is 2.32. The summed E-state index contributed by atoms with van der Waals surface area (Å²) in [7, 11) is -1.43. The van der Waals surface area contributed by atoms with E-state index in [1.807, 2.05) is 18.2 Å². The molecule has 0 bridgehead atoms. The Morgan fingerprint density at radius 3 is 2.48 bits per heavy atom. The Hall–Kier alpha value is -1.15. The van der Waals surface area contributed by atoms with Crippen LogP contribution in [0.4, 0.5) is 0 Å². The summed E-state index contributed by atoms with van der Waals surface area (Å²) in [6.07, 6.45) is 3.44. The minimum Gasteiger partial charge on any atom is -0.497 e. The van der Waals surface area contributed by atoms with E-state index in [-0.39, 0.29) is 5.92 Å². The number of nitrogens with zero attached hydrogens (tertiary/aromatic N) is 2. The van der Waals surface area contributed by atoms with Crippen molar-refractivity contribution in [1.82, 2.24) is 9.21 Å². The molecule has 3 rings (SSSR count). The molecule has 1 aromatic rings. The van der Waals surface area contributed by atoms with E-state index in [1.54, 1.807) is 11.4 Å². The molecule has 0 aromatic heterocycles. The van der Waals surface area contributed by atoms with Crippen molar-refractivity contribution in [3.8, 4) is 5.75 Å². The number of likely N-dealkylation sites (tertiary alicyclic amines) is 1. The van der Waals surface area contributed by atoms with Crippen LogP contribution in [0.15, 0.2) is 24.3 Å². The van der Waals surface area contributed by atoms with Gasteiger partial charge in [-0.1, -0.05) is 12.1 Å². The zero-order valence-corrected chi connectivity index (χ0v) is 15.8. The minimum absolute atomic E-state index is 0.127. The van der Waals surface area contributed by atoms with Crippen molar-refractivity contribution in [2.45, 2.75) is 37.3 Å². The van der Waals surface area contributed by atoms with Crippen LogP contribution in [0.25, 0.3) is 0 Å². The molecule has 0 spiro atoms. The van der Waals surface area contributed by atoms with Gasteiger partial charge in [-0.25, -0.2) is 12.7 Å². The summed E-state index contributed by atoms with van der Waals surface area (Å²) in [4.78, 5) is 2.33. The first-order chi connectivity index (χ1) is 11.9. The summed E-state index contributed by atoms with van der Waals surface area (Å²) in [5.74, 6) is 0.947. The summed E-state index contributed by atoms with van der Waals surface area (Å²) in [6, 6.07) is 8.30. The molecule has 2 aliphatic rings. The standard InChI is InChI=1S/C18H28N2O4S/c1-24-16-5-3-4-14(12-16)17-8-9-19(13-18(17)21)15-6-10-20(11-7-15)25(2,22)23/h3-5,12,15,17-18,21H,6-11,13H2,1-2H3/t17-,18+/m0/s1. The van der Waals surface area contributed by atoms with Gasteiger partial charge in [0.1, 0.15) is 5.75 Å². The minimum atomic E-state index is -3.09. The molecule has 2 atom stereocenters. The number of methoxy groups -OCH3 is 1. The number of ether oxygens (including phenoxy) is 1. The highest BCUT2D eigenvalue weighted by Gasteiger charge is 2.34. The van der Waals surface area contributed by atoms with E-state index < -0.39 is 16.1 Å². The van der Waals surface area contributed by atoms with Gasteiger partial charge in [0.2, 0.25) is 10.0 Å². The Bertz CT molecular complexity index is 686. The second-order valence-corrected chi connectivity index (χ2v) is 9.11. The van der Waals surface area contributed by atoms with Gasteiger partial charge in [0, 0.05) is 31.6 Å². The van der Waals surface area contributed by atoms with Crippen LogP contribution in [0.3, 0.4) is 0 Å². The quantitative estimate of drug-likeness (QED) is 0.867. The Kier molecular flexibility index (Phi) is 5.68. The van der Waals surface area contributed by atoms with Crippen LogP contribution in [0.2, 0.25) is 0 Å². The summed E-state index contributed by atoms with van der Waals surface area (Å²) in [5, 5.41) is 10.7. The van der Waals surface area contributed by atoms with Gasteiger partial charge in [-0.2, -0.15) is 0 Å². The molecular weight excluding hydrogens is 340 g/mol. The lowest BCUT2D eigenvalue weighted by Crippen LogP contribution is -2.52. The molecule has 0 radical (unpaired) electrons. The molecule has 140 valence electrons. The van der Waals surface area contributed by atoms with E-state index in [4.69, 9.17) is 4.74 Å². The van der Waals surface area contributed by atoms with Gasteiger partial charge < -0.3 is 9.84 Å². The highest BCUT2D eigenvalue weighted by molar-refractivity contribution is 7.88. The molecule has 1 aromatic carbocycles. The van der Waals surface area contributed by atoms with Gasteiger partial charge in [0.25, 0.3) is 0 Å². The van der Waals surface area contributed by atoms with Crippen LogP contribution in [0.5, 0.6) is 5.75 Å². The van der Waals surface area contributed by atoms with Gasteiger partial charge in [-0.3, -0.25) is 4.90 Å². The Labute approximate surface area is 150 Å². The summed E-state index contributed by atoms with van der Waals surface area (Å²) >= 11 is 0. The normalized spacial score (nSPS) is 27.3. The van der Waals surface area contributed by atoms with Crippen LogP contribution in [0, 0.1) is 0 Å². The predicted molar refractivity (Wildman–Crippen MR) is 97.4 cm³/mol. The number of hydrogen-bond acceptors (Lipinski definition) is 5. The lowest BCUT2D eigenvalue weighted by Gasteiger charge is -2.43. The number of aliphatic hydroxyl groups is 1. The number of hydrogen-bond donors (Lipinski definition) is 1. The predicted octanol–water partition coefficient (Wildman–Crippen LogP) is 1.27. The molecule has 0 unspecified atom stereocenters. The molecule has 0 aliphatic carbocycles. The second-order valence-electron chi connectivity index (χ2n) is 7.13. The van der Waals surface area contributed by atoms with Crippen molar-refractivity contribution < 1.29 is 18.3 Å². The SMILES string of the molecule is COc1cccc([C@@H]2CCN(C3CCN(S(C)(=O)=O)CC3)C[C@H]2O)c1. The van der Waals surface area contributed by atoms with Gasteiger partial charge in [-0.05, 0) is 43.5 Å². The van der Waals surface area contributed by atoms with Crippen molar-refractivity contribution in [2.75, 3.05) is 39.5 Å². The second kappa shape index (κ2) is 7.61. The van der Waals surface area contributed by atoms with Gasteiger partial charge in [-0.15, -0.1) is 0 Å². The third kappa shape index (κ3) is 4.34. The van der Waals surface area contributed by atoms with E-state index in [2.05, 4.69) is 11.0 Å². The largest absolute Gasteiger partial charge is 0.497 e. The molecule has 2 fully saturated rings. The molecule has 2 aliphatic heterocycles. The monoisotopic (exact) mass is 368 g/mol. The van der Waals surface area contributed by atoms with Crippen LogP contribution >= 0.6 is 0 Å². The highest BCUT2D eigenvalue weighted by atomic mass is 32.2. The van der Waals surface area contributed by atoms with Crippen LogP contribution < -0.4 is 4.74 Å². The Morgan fingerprint density at radius 1 is 1.16 bits per heavy atom. The fourth-order valence-corrected chi connectivity index (χ4v) is 4.96. The van der Waals surface area contributed by atoms with Gasteiger partial charge >= 0.3 is 0 Å². The number of β-amino-alcohol motifs (C(OH)–C–C–N with tert-alkyl or cyclic N) is 1. The average Bonchev–Trinajstić information content (AvgIpc) is 2.61. The number of rotatable bonds is 4. The van der Waals surface area contributed by atoms with Crippen LogP contribution in [0.1, 0.15) is 30.7 Å². The molecule has 25 heavy (non-hydrogen) atoms. The third-order valence-corrected chi connectivity index (χ3v) is 6.85. The first-order valence-corrected chi connectivity index (χ1v) is 10.7. The van der Waals surface area contributed by atoms with Crippen molar-refractivity contribution in [1.29, 1.82) is 0 Å². The zero-order valence-electron chi connectivity index (χ0n) is 15.0. The Morgan fingerprint density at radius 2 is 1.88 bits per heavy atom. The van der Waals surface area contributed by atoms with Crippen molar-refractivity contribution in [2.24, 2.45) is 0 Å².